The van der Waals surface area contributed by atoms with Gasteiger partial charge in [0.05, 0.1) is 17.8 Å². The van der Waals surface area contributed by atoms with Crippen molar-refractivity contribution in [1.82, 2.24) is 5.32 Å². The Morgan fingerprint density at radius 3 is 2.65 bits per heavy atom. The van der Waals surface area contributed by atoms with E-state index in [0.29, 0.717) is 22.9 Å². The second kappa shape index (κ2) is 7.97. The van der Waals surface area contributed by atoms with E-state index in [9.17, 15) is 4.79 Å². The average molecular weight is 301 g/mol. The Morgan fingerprint density at radius 1 is 1.45 bits per heavy atom. The molecule has 1 aromatic rings. The topological polar surface area (TPSA) is 70.6 Å². The predicted octanol–water partition coefficient (Wildman–Crippen LogP) is 2.88. The highest BCUT2D eigenvalue weighted by molar-refractivity contribution is 6.33. The Kier molecular flexibility index (Phi) is 6.61. The minimum Gasteiger partial charge on any atom is -0.497 e. The van der Waals surface area contributed by atoms with Crippen molar-refractivity contribution < 1.29 is 14.6 Å². The Balaban J connectivity index is 2.66. The van der Waals surface area contributed by atoms with Gasteiger partial charge in [-0.25, -0.2) is 4.79 Å². The molecular formula is C14H21ClN2O3. The van der Waals surface area contributed by atoms with Gasteiger partial charge in [0.1, 0.15) is 5.75 Å². The number of aliphatic hydroxyl groups excluding tert-OH is 1. The van der Waals surface area contributed by atoms with E-state index in [0.717, 1.165) is 0 Å². The molecule has 0 aliphatic heterocycles. The van der Waals surface area contributed by atoms with Crippen molar-refractivity contribution in [2.75, 3.05) is 19.0 Å². The average Bonchev–Trinajstić information content (AvgIpc) is 2.40. The number of methoxy groups -OCH3 is 1. The minimum absolute atomic E-state index is 0.0341. The molecule has 0 saturated heterocycles. The quantitative estimate of drug-likeness (QED) is 0.756. The molecule has 0 bridgehead atoms. The zero-order valence-corrected chi connectivity index (χ0v) is 12.7. The third-order valence-electron chi connectivity index (χ3n) is 2.99. The van der Waals surface area contributed by atoms with Crippen LogP contribution in [0.1, 0.15) is 20.3 Å². The molecule has 3 N–H and O–H groups in total. The van der Waals surface area contributed by atoms with Crippen LogP contribution in [0.2, 0.25) is 5.02 Å². The molecular weight excluding hydrogens is 280 g/mol. The first-order valence-electron chi connectivity index (χ1n) is 6.49. The first kappa shape index (κ1) is 16.6. The number of halogens is 1. The van der Waals surface area contributed by atoms with Gasteiger partial charge in [0, 0.05) is 18.7 Å². The van der Waals surface area contributed by atoms with Crippen LogP contribution < -0.4 is 15.4 Å². The fourth-order valence-corrected chi connectivity index (χ4v) is 1.98. The lowest BCUT2D eigenvalue weighted by atomic mass is 10.0. The normalized spacial score (nSPS) is 12.1. The van der Waals surface area contributed by atoms with E-state index in [-0.39, 0.29) is 24.6 Å². The summed E-state index contributed by atoms with van der Waals surface area (Å²) in [4.78, 5) is 11.9. The number of anilines is 1. The number of carbonyl (C=O) groups is 1. The number of hydrogen-bond acceptors (Lipinski definition) is 3. The second-order valence-corrected chi connectivity index (χ2v) is 5.21. The number of aliphatic hydroxyl groups is 1. The number of hydrogen-bond donors (Lipinski definition) is 3. The highest BCUT2D eigenvalue weighted by Gasteiger charge is 2.16. The molecule has 0 heterocycles. The summed E-state index contributed by atoms with van der Waals surface area (Å²) in [6.07, 6.45) is 0.515. The number of nitrogens with one attached hydrogen (secondary N) is 2. The third-order valence-corrected chi connectivity index (χ3v) is 3.30. The van der Waals surface area contributed by atoms with Crippen molar-refractivity contribution >= 4 is 23.3 Å². The van der Waals surface area contributed by atoms with E-state index >= 15 is 0 Å². The molecule has 112 valence electrons. The van der Waals surface area contributed by atoms with Gasteiger partial charge in [-0.2, -0.15) is 0 Å². The lowest BCUT2D eigenvalue weighted by Gasteiger charge is -2.22. The Hall–Kier alpha value is -1.46. The Morgan fingerprint density at radius 2 is 2.15 bits per heavy atom. The van der Waals surface area contributed by atoms with Crippen LogP contribution in [0.4, 0.5) is 10.5 Å². The summed E-state index contributed by atoms with van der Waals surface area (Å²) in [6.45, 7) is 4.01. The molecule has 1 rings (SSSR count). The van der Waals surface area contributed by atoms with Crippen molar-refractivity contribution in [3.05, 3.63) is 23.2 Å². The molecule has 0 radical (unpaired) electrons. The van der Waals surface area contributed by atoms with Gasteiger partial charge in [0.25, 0.3) is 0 Å². The molecule has 1 aromatic carbocycles. The summed E-state index contributed by atoms with van der Waals surface area (Å²) in [5.74, 6) is 0.862. The molecule has 5 nitrogen and oxygen atoms in total. The molecule has 0 saturated carbocycles. The van der Waals surface area contributed by atoms with E-state index in [1.807, 2.05) is 13.8 Å². The summed E-state index contributed by atoms with van der Waals surface area (Å²) in [5, 5.41) is 14.9. The highest BCUT2D eigenvalue weighted by Crippen LogP contribution is 2.26. The van der Waals surface area contributed by atoms with Crippen LogP contribution in [0.3, 0.4) is 0 Å². The van der Waals surface area contributed by atoms with Crippen LogP contribution in [-0.2, 0) is 0 Å². The lowest BCUT2D eigenvalue weighted by molar-refractivity contribution is 0.227. The molecule has 1 unspecified atom stereocenters. The number of urea groups is 1. The fourth-order valence-electron chi connectivity index (χ4n) is 1.76. The number of ether oxygens (including phenoxy) is 1. The van der Waals surface area contributed by atoms with E-state index < -0.39 is 0 Å². The fraction of sp³-hybridized carbons (Fsp3) is 0.500. The second-order valence-electron chi connectivity index (χ2n) is 4.81. The molecule has 0 aromatic heterocycles. The molecule has 0 spiro atoms. The number of amides is 2. The predicted molar refractivity (Wildman–Crippen MR) is 80.5 cm³/mol. The largest absolute Gasteiger partial charge is 0.497 e. The molecule has 6 heteroatoms. The van der Waals surface area contributed by atoms with Gasteiger partial charge in [-0.15, -0.1) is 0 Å². The molecule has 20 heavy (non-hydrogen) atoms. The van der Waals surface area contributed by atoms with Crippen molar-refractivity contribution in [2.24, 2.45) is 5.92 Å². The van der Waals surface area contributed by atoms with Crippen LogP contribution >= 0.6 is 11.6 Å². The standard InChI is InChI=1S/C14H21ClN2O3/c1-9(2)12(6-7-18)16-14(19)17-13-5-4-10(20-3)8-11(13)15/h4-5,8-9,12,18H,6-7H2,1-3H3,(H2,16,17,19). The van der Waals surface area contributed by atoms with Crippen LogP contribution in [0, 0.1) is 5.92 Å². The van der Waals surface area contributed by atoms with Gasteiger partial charge in [-0.3, -0.25) is 0 Å². The van der Waals surface area contributed by atoms with Gasteiger partial charge in [0.15, 0.2) is 0 Å². The Labute approximate surface area is 124 Å². The summed E-state index contributed by atoms with van der Waals surface area (Å²) in [6, 6.07) is 4.60. The number of carbonyl (C=O) groups excluding carboxylic acids is 1. The van der Waals surface area contributed by atoms with Crippen molar-refractivity contribution in [3.63, 3.8) is 0 Å². The van der Waals surface area contributed by atoms with Gasteiger partial charge >= 0.3 is 6.03 Å². The number of benzene rings is 1. The van der Waals surface area contributed by atoms with E-state index in [1.165, 1.54) is 0 Å². The van der Waals surface area contributed by atoms with Gasteiger partial charge < -0.3 is 20.5 Å². The first-order valence-corrected chi connectivity index (χ1v) is 6.87. The smallest absolute Gasteiger partial charge is 0.319 e. The van der Waals surface area contributed by atoms with Crippen LogP contribution in [0.5, 0.6) is 5.75 Å². The monoisotopic (exact) mass is 300 g/mol. The maximum absolute atomic E-state index is 11.9. The van der Waals surface area contributed by atoms with Gasteiger partial charge in [-0.1, -0.05) is 25.4 Å². The molecule has 1 atom stereocenters. The molecule has 0 aliphatic carbocycles. The van der Waals surface area contributed by atoms with E-state index in [2.05, 4.69) is 10.6 Å². The summed E-state index contributed by atoms with van der Waals surface area (Å²) < 4.78 is 5.04. The van der Waals surface area contributed by atoms with Crippen LogP contribution in [-0.4, -0.2) is 30.9 Å². The Bertz CT molecular complexity index is 452. The minimum atomic E-state index is -0.343. The van der Waals surface area contributed by atoms with Gasteiger partial charge in [-0.05, 0) is 24.5 Å². The maximum atomic E-state index is 11.9. The molecule has 0 aliphatic rings. The third kappa shape index (κ3) is 4.90. The highest BCUT2D eigenvalue weighted by atomic mass is 35.5. The van der Waals surface area contributed by atoms with E-state index in [4.69, 9.17) is 21.4 Å². The zero-order valence-electron chi connectivity index (χ0n) is 11.9. The van der Waals surface area contributed by atoms with Crippen molar-refractivity contribution in [2.45, 2.75) is 26.3 Å². The molecule has 2 amide bonds. The summed E-state index contributed by atoms with van der Waals surface area (Å²) in [5.41, 5.74) is 0.511. The van der Waals surface area contributed by atoms with Crippen molar-refractivity contribution in [1.29, 1.82) is 0 Å². The lowest BCUT2D eigenvalue weighted by Crippen LogP contribution is -2.41. The first-order chi connectivity index (χ1) is 9.47. The van der Waals surface area contributed by atoms with Crippen LogP contribution in [0.15, 0.2) is 18.2 Å². The maximum Gasteiger partial charge on any atom is 0.319 e. The van der Waals surface area contributed by atoms with Crippen molar-refractivity contribution in [3.8, 4) is 5.75 Å². The number of rotatable bonds is 6. The SMILES string of the molecule is COc1ccc(NC(=O)NC(CCO)C(C)C)c(Cl)c1. The molecule has 0 fully saturated rings. The van der Waals surface area contributed by atoms with Gasteiger partial charge in [0.2, 0.25) is 0 Å². The summed E-state index contributed by atoms with van der Waals surface area (Å²) in [7, 11) is 1.55. The summed E-state index contributed by atoms with van der Waals surface area (Å²) >= 11 is 6.05. The van der Waals surface area contributed by atoms with Crippen LogP contribution in [0.25, 0.3) is 0 Å². The van der Waals surface area contributed by atoms with E-state index in [1.54, 1.807) is 25.3 Å². The zero-order chi connectivity index (χ0) is 15.1.